The Kier molecular flexibility index (Phi) is 4.61. The van der Waals surface area contributed by atoms with Gasteiger partial charge in [-0.05, 0) is 44.5 Å². The molecule has 0 bridgehead atoms. The molecule has 17 heavy (non-hydrogen) atoms. The fourth-order valence-electron chi connectivity index (χ4n) is 1.13. The van der Waals surface area contributed by atoms with E-state index in [0.29, 0.717) is 10.0 Å². The van der Waals surface area contributed by atoms with Crippen molar-refractivity contribution in [1.82, 2.24) is 0 Å². The van der Waals surface area contributed by atoms with Crippen LogP contribution in [-0.2, 0) is 9.53 Å². The number of carbonyl (C=O) groups is 1. The summed E-state index contributed by atoms with van der Waals surface area (Å²) in [7, 11) is 0. The minimum atomic E-state index is -0.495. The van der Waals surface area contributed by atoms with Crippen molar-refractivity contribution < 1.29 is 9.53 Å². The first-order valence-corrected chi connectivity index (χ1v) is 5.89. The largest absolute Gasteiger partial charge is 0.457 e. The molecule has 0 unspecified atom stereocenters. The van der Waals surface area contributed by atoms with Gasteiger partial charge >= 0.3 is 5.97 Å². The van der Waals surface area contributed by atoms with Gasteiger partial charge in [0.25, 0.3) is 0 Å². The molecule has 1 aromatic rings. The molecule has 0 amide bonds. The van der Waals surface area contributed by atoms with Crippen LogP contribution in [0, 0.1) is 0 Å². The molecule has 0 fully saturated rings. The summed E-state index contributed by atoms with van der Waals surface area (Å²) in [5.41, 5.74) is 0.229. The maximum Gasteiger partial charge on any atom is 0.331 e. The van der Waals surface area contributed by atoms with E-state index in [0.717, 1.165) is 5.56 Å². The fourth-order valence-corrected chi connectivity index (χ4v) is 1.60. The zero-order valence-corrected chi connectivity index (χ0v) is 11.5. The molecule has 0 aliphatic carbocycles. The average molecular weight is 273 g/mol. The number of hydrogen-bond donors (Lipinski definition) is 0. The first-order chi connectivity index (χ1) is 7.78. The van der Waals surface area contributed by atoms with Crippen molar-refractivity contribution in [2.24, 2.45) is 0 Å². The van der Waals surface area contributed by atoms with Gasteiger partial charge in [-0.3, -0.25) is 0 Å². The van der Waals surface area contributed by atoms with E-state index < -0.39 is 11.6 Å². The van der Waals surface area contributed by atoms with E-state index in [-0.39, 0.29) is 0 Å². The predicted molar refractivity (Wildman–Crippen MR) is 71.3 cm³/mol. The molecular formula is C13H14Cl2O2. The van der Waals surface area contributed by atoms with E-state index in [9.17, 15) is 4.79 Å². The fraction of sp³-hybridized carbons (Fsp3) is 0.308. The summed E-state index contributed by atoms with van der Waals surface area (Å²) < 4.78 is 5.13. The molecule has 0 spiro atoms. The van der Waals surface area contributed by atoms with Gasteiger partial charge in [-0.25, -0.2) is 4.79 Å². The van der Waals surface area contributed by atoms with Crippen LogP contribution in [0.3, 0.4) is 0 Å². The maximum absolute atomic E-state index is 11.4. The third kappa shape index (κ3) is 5.24. The molecule has 1 rings (SSSR count). The van der Waals surface area contributed by atoms with Gasteiger partial charge in [0.1, 0.15) is 5.60 Å². The lowest BCUT2D eigenvalue weighted by molar-refractivity contribution is -0.148. The summed E-state index contributed by atoms with van der Waals surface area (Å²) in [5.74, 6) is -0.400. The van der Waals surface area contributed by atoms with Gasteiger partial charge in [0.15, 0.2) is 0 Å². The van der Waals surface area contributed by atoms with Gasteiger partial charge in [-0.2, -0.15) is 0 Å². The molecule has 0 aliphatic rings. The van der Waals surface area contributed by atoms with Gasteiger partial charge in [0.2, 0.25) is 0 Å². The van der Waals surface area contributed by atoms with Crippen LogP contribution in [-0.4, -0.2) is 11.6 Å². The van der Waals surface area contributed by atoms with E-state index >= 15 is 0 Å². The van der Waals surface area contributed by atoms with Crippen LogP contribution in [0.2, 0.25) is 10.0 Å². The zero-order chi connectivity index (χ0) is 13.1. The van der Waals surface area contributed by atoms with Crippen molar-refractivity contribution in [3.05, 3.63) is 39.9 Å². The third-order valence-electron chi connectivity index (χ3n) is 1.77. The second-order valence-corrected chi connectivity index (χ2v) is 5.38. The van der Waals surface area contributed by atoms with Crippen LogP contribution in [0.25, 0.3) is 6.08 Å². The molecule has 0 radical (unpaired) electrons. The minimum Gasteiger partial charge on any atom is -0.457 e. The molecule has 0 atom stereocenters. The predicted octanol–water partition coefficient (Wildman–Crippen LogP) is 4.35. The first-order valence-electron chi connectivity index (χ1n) is 5.14. The van der Waals surface area contributed by atoms with Crippen molar-refractivity contribution in [2.45, 2.75) is 26.4 Å². The molecule has 92 valence electrons. The molecule has 1 aromatic carbocycles. The summed E-state index contributed by atoms with van der Waals surface area (Å²) in [6, 6.07) is 5.08. The summed E-state index contributed by atoms with van der Waals surface area (Å²) in [6.45, 7) is 5.44. The molecule has 0 aromatic heterocycles. The third-order valence-corrected chi connectivity index (χ3v) is 2.33. The highest BCUT2D eigenvalue weighted by Crippen LogP contribution is 2.22. The van der Waals surface area contributed by atoms with E-state index in [4.69, 9.17) is 27.9 Å². The van der Waals surface area contributed by atoms with Crippen LogP contribution in [0.4, 0.5) is 0 Å². The van der Waals surface area contributed by atoms with E-state index in [1.54, 1.807) is 24.3 Å². The number of hydrogen-bond acceptors (Lipinski definition) is 2. The summed E-state index contributed by atoms with van der Waals surface area (Å²) in [6.07, 6.45) is 2.95. The van der Waals surface area contributed by atoms with Crippen LogP contribution >= 0.6 is 23.2 Å². The second-order valence-electron chi connectivity index (χ2n) is 4.53. The molecule has 0 heterocycles. The second kappa shape index (κ2) is 5.56. The smallest absolute Gasteiger partial charge is 0.331 e. The number of carbonyl (C=O) groups excluding carboxylic acids is 1. The molecule has 2 nitrogen and oxygen atoms in total. The Balaban J connectivity index is 2.74. The normalized spacial score (nSPS) is 11.8. The van der Waals surface area contributed by atoms with E-state index in [2.05, 4.69) is 0 Å². The number of benzene rings is 1. The zero-order valence-electron chi connectivity index (χ0n) is 9.96. The molecule has 4 heteroatoms. The quantitative estimate of drug-likeness (QED) is 0.591. The van der Waals surface area contributed by atoms with Crippen molar-refractivity contribution in [1.29, 1.82) is 0 Å². The molecule has 0 saturated carbocycles. The van der Waals surface area contributed by atoms with Crippen LogP contribution in [0.15, 0.2) is 24.3 Å². The maximum atomic E-state index is 11.4. The first kappa shape index (κ1) is 14.1. The Labute approximate surface area is 111 Å². The van der Waals surface area contributed by atoms with Crippen LogP contribution in [0.1, 0.15) is 26.3 Å². The lowest BCUT2D eigenvalue weighted by Gasteiger charge is -2.17. The number of ether oxygens (including phenoxy) is 1. The molecule has 0 saturated heterocycles. The Morgan fingerprint density at radius 3 is 2.47 bits per heavy atom. The highest BCUT2D eigenvalue weighted by molar-refractivity contribution is 6.35. The highest BCUT2D eigenvalue weighted by Gasteiger charge is 2.13. The van der Waals surface area contributed by atoms with Gasteiger partial charge in [0, 0.05) is 16.1 Å². The number of halogens is 2. The van der Waals surface area contributed by atoms with Crippen LogP contribution in [0.5, 0.6) is 0 Å². The van der Waals surface area contributed by atoms with Gasteiger partial charge in [0.05, 0.1) is 0 Å². The molecular weight excluding hydrogens is 259 g/mol. The average Bonchev–Trinajstić information content (AvgIpc) is 2.13. The Bertz CT molecular complexity index is 445. The Morgan fingerprint density at radius 1 is 1.29 bits per heavy atom. The van der Waals surface area contributed by atoms with Gasteiger partial charge < -0.3 is 4.74 Å². The molecule has 0 aliphatic heterocycles. The SMILES string of the molecule is CC(C)(C)OC(=O)C=Cc1ccc(Cl)cc1Cl. The van der Waals surface area contributed by atoms with Crippen LogP contribution < -0.4 is 0 Å². The Hall–Kier alpha value is -0.990. The van der Waals surface area contributed by atoms with Crippen molar-refractivity contribution in [3.8, 4) is 0 Å². The van der Waals surface area contributed by atoms with E-state index in [1.165, 1.54) is 6.08 Å². The molecule has 0 N–H and O–H groups in total. The highest BCUT2D eigenvalue weighted by atomic mass is 35.5. The van der Waals surface area contributed by atoms with Gasteiger partial charge in [-0.1, -0.05) is 29.3 Å². The lowest BCUT2D eigenvalue weighted by atomic mass is 10.2. The summed E-state index contributed by atoms with van der Waals surface area (Å²) >= 11 is 11.7. The standard InChI is InChI=1S/C13H14Cl2O2/c1-13(2,3)17-12(16)7-5-9-4-6-10(14)8-11(9)15/h4-8H,1-3H3. The number of esters is 1. The Morgan fingerprint density at radius 2 is 1.94 bits per heavy atom. The minimum absolute atomic E-state index is 0.400. The van der Waals surface area contributed by atoms with Crippen molar-refractivity contribution >= 4 is 35.2 Å². The summed E-state index contributed by atoms with van der Waals surface area (Å²) in [5, 5.41) is 1.06. The summed E-state index contributed by atoms with van der Waals surface area (Å²) in [4.78, 5) is 11.4. The number of rotatable bonds is 2. The van der Waals surface area contributed by atoms with Crippen molar-refractivity contribution in [2.75, 3.05) is 0 Å². The van der Waals surface area contributed by atoms with Gasteiger partial charge in [-0.15, -0.1) is 0 Å². The topological polar surface area (TPSA) is 26.3 Å². The van der Waals surface area contributed by atoms with Crippen molar-refractivity contribution in [3.63, 3.8) is 0 Å². The lowest BCUT2D eigenvalue weighted by Crippen LogP contribution is -2.22. The monoisotopic (exact) mass is 272 g/mol. The van der Waals surface area contributed by atoms with E-state index in [1.807, 2.05) is 20.8 Å².